The van der Waals surface area contributed by atoms with Crippen LogP contribution in [0.1, 0.15) is 26.2 Å². The molecule has 0 unspecified atom stereocenters. The van der Waals surface area contributed by atoms with Crippen molar-refractivity contribution in [1.29, 1.82) is 0 Å². The summed E-state index contributed by atoms with van der Waals surface area (Å²) in [6.07, 6.45) is 2.62. The maximum absolute atomic E-state index is 12.3. The monoisotopic (exact) mass is 412 g/mol. The highest BCUT2D eigenvalue weighted by atomic mass is 35.5. The third kappa shape index (κ3) is 4.98. The molecule has 1 amide bonds. The molecule has 1 aliphatic heterocycles. The summed E-state index contributed by atoms with van der Waals surface area (Å²) in [5, 5.41) is 10.0. The zero-order chi connectivity index (χ0) is 19.2. The summed E-state index contributed by atoms with van der Waals surface area (Å²) in [5.74, 6) is 0.969. The van der Waals surface area contributed by atoms with Crippen LogP contribution in [0.3, 0.4) is 0 Å². The molecule has 0 radical (unpaired) electrons. The molecule has 1 aliphatic rings. The average molecular weight is 413 g/mol. The van der Waals surface area contributed by atoms with Gasteiger partial charge < -0.3 is 14.8 Å². The van der Waals surface area contributed by atoms with Gasteiger partial charge in [0.1, 0.15) is 0 Å². The van der Waals surface area contributed by atoms with Gasteiger partial charge in [-0.05, 0) is 6.42 Å². The van der Waals surface area contributed by atoms with Gasteiger partial charge >= 0.3 is 5.69 Å². The number of hydrogen-bond donors (Lipinski definition) is 2. The van der Waals surface area contributed by atoms with Crippen LogP contribution in [0.25, 0.3) is 0 Å². The number of hydrogen-bond acceptors (Lipinski definition) is 6. The van der Waals surface area contributed by atoms with Crippen molar-refractivity contribution in [3.05, 3.63) is 27.6 Å². The van der Waals surface area contributed by atoms with Crippen molar-refractivity contribution in [2.75, 3.05) is 24.3 Å². The average Bonchev–Trinajstić information content (AvgIpc) is 2.84. The third-order valence-electron chi connectivity index (χ3n) is 3.90. The number of benzene rings is 1. The third-order valence-corrected chi connectivity index (χ3v) is 5.19. The van der Waals surface area contributed by atoms with Gasteiger partial charge in [0, 0.05) is 25.1 Å². The van der Waals surface area contributed by atoms with E-state index >= 15 is 0 Å². The Balaban J connectivity index is 1.63. The molecule has 0 fully saturated rings. The number of rotatable bonds is 7. The number of amides is 1. The molecular formula is C17H21ClN4O4S. The minimum atomic E-state index is -0.266. The number of carbonyl (C=O) groups is 1. The van der Waals surface area contributed by atoms with Gasteiger partial charge in [0.2, 0.25) is 5.91 Å². The fourth-order valence-electron chi connectivity index (χ4n) is 2.52. The summed E-state index contributed by atoms with van der Waals surface area (Å²) in [6.45, 7) is 3.73. The van der Waals surface area contributed by atoms with Gasteiger partial charge in [0.05, 0.1) is 29.7 Å². The summed E-state index contributed by atoms with van der Waals surface area (Å²) in [7, 11) is 0. The molecule has 2 aromatic rings. The summed E-state index contributed by atoms with van der Waals surface area (Å²) in [6, 6.07) is 3.30. The van der Waals surface area contributed by atoms with Crippen molar-refractivity contribution in [3.8, 4) is 11.5 Å². The van der Waals surface area contributed by atoms with Crippen LogP contribution in [0.5, 0.6) is 11.5 Å². The van der Waals surface area contributed by atoms with E-state index in [1.807, 2.05) is 6.92 Å². The van der Waals surface area contributed by atoms with Crippen LogP contribution in [0.2, 0.25) is 5.02 Å². The van der Waals surface area contributed by atoms with E-state index in [0.29, 0.717) is 47.1 Å². The normalized spacial score (nSPS) is 13.3. The molecule has 2 heterocycles. The van der Waals surface area contributed by atoms with Crippen molar-refractivity contribution in [3.63, 3.8) is 0 Å². The van der Waals surface area contributed by atoms with E-state index < -0.39 is 0 Å². The Kier molecular flexibility index (Phi) is 6.68. The van der Waals surface area contributed by atoms with E-state index in [1.54, 1.807) is 16.7 Å². The van der Waals surface area contributed by atoms with Crippen molar-refractivity contribution in [2.45, 2.75) is 37.9 Å². The van der Waals surface area contributed by atoms with Crippen LogP contribution in [0.4, 0.5) is 5.69 Å². The second-order valence-corrected chi connectivity index (χ2v) is 7.33. The molecule has 3 rings (SSSR count). The Morgan fingerprint density at radius 3 is 2.85 bits per heavy atom. The SMILES string of the molecule is CCCCn1c(SCC(=O)Nc2cc3c(cc2Cl)OCCCO3)n[nH]c1=O. The Morgan fingerprint density at radius 2 is 2.11 bits per heavy atom. The molecule has 27 heavy (non-hydrogen) atoms. The van der Waals surface area contributed by atoms with E-state index in [2.05, 4.69) is 15.5 Å². The molecule has 0 aliphatic carbocycles. The minimum Gasteiger partial charge on any atom is -0.490 e. The van der Waals surface area contributed by atoms with Gasteiger partial charge in [0.25, 0.3) is 0 Å². The highest BCUT2D eigenvalue weighted by Gasteiger charge is 2.16. The predicted octanol–water partition coefficient (Wildman–Crippen LogP) is 2.92. The Hall–Kier alpha value is -2.13. The molecule has 0 spiro atoms. The Labute approximate surface area is 165 Å². The zero-order valence-electron chi connectivity index (χ0n) is 14.9. The molecule has 1 aromatic heterocycles. The number of unbranched alkanes of at least 4 members (excludes halogenated alkanes) is 1. The van der Waals surface area contributed by atoms with E-state index in [0.717, 1.165) is 19.3 Å². The van der Waals surface area contributed by atoms with E-state index in [9.17, 15) is 9.59 Å². The molecule has 0 saturated carbocycles. The van der Waals surface area contributed by atoms with Gasteiger partial charge in [-0.3, -0.25) is 9.36 Å². The summed E-state index contributed by atoms with van der Waals surface area (Å²) in [4.78, 5) is 24.1. The standard InChI is InChI=1S/C17H21ClN4O4S/c1-2-3-5-22-16(24)20-21-17(22)27-10-15(23)19-12-9-14-13(8-11(12)18)25-6-4-7-26-14/h8-9H,2-7,10H2,1H3,(H,19,23)(H,20,24). The van der Waals surface area contributed by atoms with Crippen LogP contribution in [-0.2, 0) is 11.3 Å². The largest absolute Gasteiger partial charge is 0.490 e. The number of anilines is 1. The molecule has 0 bridgehead atoms. The quantitative estimate of drug-likeness (QED) is 0.678. The second kappa shape index (κ2) is 9.18. The van der Waals surface area contributed by atoms with Gasteiger partial charge in [-0.1, -0.05) is 36.7 Å². The molecule has 1 aromatic carbocycles. The van der Waals surface area contributed by atoms with Gasteiger partial charge in [-0.2, -0.15) is 0 Å². The first kappa shape index (κ1) is 19.6. The number of ether oxygens (including phenoxy) is 2. The van der Waals surface area contributed by atoms with Gasteiger partial charge in [-0.25, -0.2) is 9.89 Å². The number of halogens is 1. The number of nitrogens with zero attached hydrogens (tertiary/aromatic N) is 2. The first-order valence-electron chi connectivity index (χ1n) is 8.75. The van der Waals surface area contributed by atoms with Crippen LogP contribution in [0, 0.1) is 0 Å². The topological polar surface area (TPSA) is 98.2 Å². The number of H-pyrrole nitrogens is 1. The smallest absolute Gasteiger partial charge is 0.343 e. The van der Waals surface area contributed by atoms with E-state index in [-0.39, 0.29) is 17.3 Å². The molecular weight excluding hydrogens is 392 g/mol. The van der Waals surface area contributed by atoms with Crippen LogP contribution < -0.4 is 20.5 Å². The predicted molar refractivity (Wildman–Crippen MR) is 104 cm³/mol. The molecule has 8 nitrogen and oxygen atoms in total. The lowest BCUT2D eigenvalue weighted by atomic mass is 10.2. The number of aromatic amines is 1. The fourth-order valence-corrected chi connectivity index (χ4v) is 3.50. The maximum atomic E-state index is 12.3. The number of carbonyl (C=O) groups excluding carboxylic acids is 1. The summed E-state index contributed by atoms with van der Waals surface area (Å²) >= 11 is 7.43. The fraction of sp³-hybridized carbons (Fsp3) is 0.471. The molecule has 0 atom stereocenters. The van der Waals surface area contributed by atoms with E-state index in [4.69, 9.17) is 21.1 Å². The second-order valence-electron chi connectivity index (χ2n) is 5.98. The summed E-state index contributed by atoms with van der Waals surface area (Å²) < 4.78 is 12.7. The molecule has 10 heteroatoms. The summed E-state index contributed by atoms with van der Waals surface area (Å²) in [5.41, 5.74) is 0.189. The highest BCUT2D eigenvalue weighted by Crippen LogP contribution is 2.37. The number of thioether (sulfide) groups is 1. The molecule has 2 N–H and O–H groups in total. The number of fused-ring (bicyclic) bond motifs is 1. The van der Waals surface area contributed by atoms with Crippen molar-refractivity contribution in [2.24, 2.45) is 0 Å². The first-order chi connectivity index (χ1) is 13.1. The lowest BCUT2D eigenvalue weighted by Crippen LogP contribution is -2.19. The Bertz CT molecular complexity index is 867. The lowest BCUT2D eigenvalue weighted by Gasteiger charge is -2.12. The first-order valence-corrected chi connectivity index (χ1v) is 10.1. The van der Waals surface area contributed by atoms with Crippen LogP contribution >= 0.6 is 23.4 Å². The minimum absolute atomic E-state index is 0.0984. The van der Waals surface area contributed by atoms with Gasteiger partial charge in [-0.15, -0.1) is 5.10 Å². The van der Waals surface area contributed by atoms with Crippen LogP contribution in [0.15, 0.2) is 22.1 Å². The van der Waals surface area contributed by atoms with Crippen molar-refractivity contribution >= 4 is 35.0 Å². The lowest BCUT2D eigenvalue weighted by molar-refractivity contribution is -0.113. The van der Waals surface area contributed by atoms with Crippen LogP contribution in [-0.4, -0.2) is 39.6 Å². The Morgan fingerprint density at radius 1 is 1.37 bits per heavy atom. The highest BCUT2D eigenvalue weighted by molar-refractivity contribution is 7.99. The van der Waals surface area contributed by atoms with E-state index in [1.165, 1.54) is 11.8 Å². The van der Waals surface area contributed by atoms with Crippen molar-refractivity contribution in [1.82, 2.24) is 14.8 Å². The number of aromatic nitrogens is 3. The number of nitrogens with one attached hydrogen (secondary N) is 2. The maximum Gasteiger partial charge on any atom is 0.343 e. The zero-order valence-corrected chi connectivity index (χ0v) is 16.5. The molecule has 0 saturated heterocycles. The van der Waals surface area contributed by atoms with Crippen molar-refractivity contribution < 1.29 is 14.3 Å². The molecule has 146 valence electrons. The van der Waals surface area contributed by atoms with Gasteiger partial charge in [0.15, 0.2) is 16.7 Å².